The molecule has 0 amide bonds. The number of fused-ring (bicyclic) bond motifs is 1. The van der Waals surface area contributed by atoms with E-state index >= 15 is 0 Å². The third kappa shape index (κ3) is 3.21. The zero-order valence-corrected chi connectivity index (χ0v) is 12.9. The number of aromatic nitrogens is 1. The molecule has 1 heterocycles. The first-order valence-corrected chi connectivity index (χ1v) is 7.36. The number of hydrogen-bond acceptors (Lipinski definition) is 3. The van der Waals surface area contributed by atoms with Crippen molar-refractivity contribution in [1.82, 2.24) is 4.98 Å². The predicted molar refractivity (Wildman–Crippen MR) is 88.0 cm³/mol. The highest BCUT2D eigenvalue weighted by atomic mass is 15.1. The molecule has 3 heteroatoms. The lowest BCUT2D eigenvalue weighted by Gasteiger charge is -2.29. The van der Waals surface area contributed by atoms with Gasteiger partial charge in [-0.15, -0.1) is 0 Å². The maximum Gasteiger partial charge on any atom is 0.0463 e. The molecule has 0 aliphatic rings. The van der Waals surface area contributed by atoms with E-state index < -0.39 is 0 Å². The van der Waals surface area contributed by atoms with Crippen LogP contribution in [0.25, 0.3) is 10.8 Å². The van der Waals surface area contributed by atoms with Gasteiger partial charge >= 0.3 is 0 Å². The smallest absolute Gasteiger partial charge is 0.0463 e. The van der Waals surface area contributed by atoms with Crippen LogP contribution in [-0.2, 0) is 0 Å². The minimum atomic E-state index is 0.623. The minimum Gasteiger partial charge on any atom is -0.398 e. The van der Waals surface area contributed by atoms with Crippen LogP contribution in [0.5, 0.6) is 0 Å². The Labute approximate surface area is 121 Å². The van der Waals surface area contributed by atoms with Gasteiger partial charge in [-0.05, 0) is 30.0 Å². The highest BCUT2D eigenvalue weighted by molar-refractivity contribution is 6.00. The van der Waals surface area contributed by atoms with Crippen molar-refractivity contribution in [2.24, 2.45) is 11.8 Å². The molecule has 108 valence electrons. The van der Waals surface area contributed by atoms with Crippen LogP contribution in [0.3, 0.4) is 0 Å². The highest BCUT2D eigenvalue weighted by Gasteiger charge is 2.14. The van der Waals surface area contributed by atoms with Crippen molar-refractivity contribution in [3.63, 3.8) is 0 Å². The number of nitrogen functional groups attached to an aromatic ring is 1. The van der Waals surface area contributed by atoms with Crippen LogP contribution in [0, 0.1) is 11.8 Å². The van der Waals surface area contributed by atoms with E-state index in [-0.39, 0.29) is 0 Å². The Hall–Kier alpha value is -1.77. The number of nitrogens with zero attached hydrogens (tertiary/aromatic N) is 2. The lowest BCUT2D eigenvalue weighted by molar-refractivity contribution is 0.554. The summed E-state index contributed by atoms with van der Waals surface area (Å²) in [7, 11) is 0. The summed E-state index contributed by atoms with van der Waals surface area (Å²) in [5.74, 6) is 1.25. The van der Waals surface area contributed by atoms with Crippen molar-refractivity contribution in [2.45, 2.75) is 27.7 Å². The molecule has 1 aromatic heterocycles. The molecule has 1 aromatic carbocycles. The molecule has 0 fully saturated rings. The van der Waals surface area contributed by atoms with E-state index in [0.717, 1.165) is 29.5 Å². The van der Waals surface area contributed by atoms with E-state index in [1.54, 1.807) is 6.20 Å². The van der Waals surface area contributed by atoms with Crippen molar-refractivity contribution in [1.29, 1.82) is 0 Å². The van der Waals surface area contributed by atoms with Crippen LogP contribution in [0.4, 0.5) is 11.4 Å². The monoisotopic (exact) mass is 271 g/mol. The molecule has 2 aromatic rings. The van der Waals surface area contributed by atoms with Gasteiger partial charge in [-0.1, -0.05) is 27.7 Å². The minimum absolute atomic E-state index is 0.623. The van der Waals surface area contributed by atoms with E-state index in [2.05, 4.69) is 43.6 Å². The molecule has 0 radical (unpaired) electrons. The molecule has 2 rings (SSSR count). The molecular weight excluding hydrogens is 246 g/mol. The summed E-state index contributed by atoms with van der Waals surface area (Å²) < 4.78 is 0. The molecule has 3 nitrogen and oxygen atoms in total. The summed E-state index contributed by atoms with van der Waals surface area (Å²) in [5, 5.41) is 2.24. The number of rotatable bonds is 5. The Morgan fingerprint density at radius 3 is 2.25 bits per heavy atom. The molecule has 0 spiro atoms. The number of benzene rings is 1. The van der Waals surface area contributed by atoms with Gasteiger partial charge in [0.25, 0.3) is 0 Å². The normalized spacial score (nSPS) is 11.5. The first-order valence-electron chi connectivity index (χ1n) is 7.36. The van der Waals surface area contributed by atoms with Gasteiger partial charge in [-0.25, -0.2) is 0 Å². The van der Waals surface area contributed by atoms with Gasteiger partial charge in [-0.2, -0.15) is 0 Å². The van der Waals surface area contributed by atoms with Crippen LogP contribution in [-0.4, -0.2) is 18.1 Å². The summed E-state index contributed by atoms with van der Waals surface area (Å²) in [6.07, 6.45) is 3.73. The van der Waals surface area contributed by atoms with Gasteiger partial charge in [0, 0.05) is 47.6 Å². The Morgan fingerprint density at radius 1 is 1.00 bits per heavy atom. The first kappa shape index (κ1) is 14.6. The third-order valence-electron chi connectivity index (χ3n) is 3.34. The number of nitrogens with two attached hydrogens (primary N) is 1. The maximum absolute atomic E-state index is 6.08. The zero-order valence-electron chi connectivity index (χ0n) is 12.9. The number of pyridine rings is 1. The number of anilines is 2. The molecule has 0 aliphatic carbocycles. The fraction of sp³-hybridized carbons (Fsp3) is 0.471. The van der Waals surface area contributed by atoms with Crippen LogP contribution < -0.4 is 10.6 Å². The molecule has 0 saturated heterocycles. The topological polar surface area (TPSA) is 42.1 Å². The maximum atomic E-state index is 6.08. The first-order chi connectivity index (χ1) is 9.49. The van der Waals surface area contributed by atoms with Gasteiger partial charge in [0.1, 0.15) is 0 Å². The molecule has 0 unspecified atom stereocenters. The van der Waals surface area contributed by atoms with E-state index in [0.29, 0.717) is 11.8 Å². The average Bonchev–Trinajstić information content (AvgIpc) is 2.37. The molecular formula is C17H25N3. The molecule has 20 heavy (non-hydrogen) atoms. The van der Waals surface area contributed by atoms with Crippen LogP contribution in [0.15, 0.2) is 30.6 Å². The summed E-state index contributed by atoms with van der Waals surface area (Å²) in [5.41, 5.74) is 8.14. The lowest BCUT2D eigenvalue weighted by atomic mass is 10.1. The Morgan fingerprint density at radius 2 is 1.65 bits per heavy atom. The van der Waals surface area contributed by atoms with Crippen molar-refractivity contribution in [2.75, 3.05) is 23.7 Å². The van der Waals surface area contributed by atoms with Crippen LogP contribution in [0.1, 0.15) is 27.7 Å². The summed E-state index contributed by atoms with van der Waals surface area (Å²) in [6, 6.07) is 6.13. The zero-order chi connectivity index (χ0) is 14.7. The van der Waals surface area contributed by atoms with Crippen molar-refractivity contribution >= 4 is 22.1 Å². The van der Waals surface area contributed by atoms with E-state index in [1.165, 1.54) is 5.69 Å². The van der Waals surface area contributed by atoms with Gasteiger partial charge < -0.3 is 10.6 Å². The molecule has 0 aliphatic heterocycles. The summed E-state index contributed by atoms with van der Waals surface area (Å²) in [4.78, 5) is 6.73. The standard InChI is InChI=1S/C17H25N3/c1-12(2)10-20(11-13(3)4)17-6-5-16(18)14-7-8-19-9-15(14)17/h5-9,12-13H,10-11,18H2,1-4H3. The molecule has 2 N–H and O–H groups in total. The Balaban J connectivity index is 2.50. The fourth-order valence-corrected chi connectivity index (χ4v) is 2.63. The SMILES string of the molecule is CC(C)CN(CC(C)C)c1ccc(N)c2ccncc12. The third-order valence-corrected chi connectivity index (χ3v) is 3.34. The second kappa shape index (κ2) is 6.12. The fourth-order valence-electron chi connectivity index (χ4n) is 2.63. The highest BCUT2D eigenvalue weighted by Crippen LogP contribution is 2.31. The molecule has 0 atom stereocenters. The largest absolute Gasteiger partial charge is 0.398 e. The Bertz CT molecular complexity index is 565. The van der Waals surface area contributed by atoms with Crippen molar-refractivity contribution < 1.29 is 0 Å². The van der Waals surface area contributed by atoms with E-state index in [4.69, 9.17) is 5.73 Å². The van der Waals surface area contributed by atoms with Gasteiger partial charge in [0.15, 0.2) is 0 Å². The second-order valence-electron chi connectivity index (χ2n) is 6.29. The van der Waals surface area contributed by atoms with Gasteiger partial charge in [-0.3, -0.25) is 4.98 Å². The quantitative estimate of drug-likeness (QED) is 0.838. The second-order valence-corrected chi connectivity index (χ2v) is 6.29. The van der Waals surface area contributed by atoms with Gasteiger partial charge in [0.2, 0.25) is 0 Å². The van der Waals surface area contributed by atoms with Crippen molar-refractivity contribution in [3.05, 3.63) is 30.6 Å². The van der Waals surface area contributed by atoms with Crippen LogP contribution >= 0.6 is 0 Å². The molecule has 0 saturated carbocycles. The van der Waals surface area contributed by atoms with Gasteiger partial charge in [0.05, 0.1) is 0 Å². The summed E-state index contributed by atoms with van der Waals surface area (Å²) in [6.45, 7) is 11.1. The van der Waals surface area contributed by atoms with E-state index in [9.17, 15) is 0 Å². The Kier molecular flexibility index (Phi) is 4.48. The molecule has 0 bridgehead atoms. The number of hydrogen-bond donors (Lipinski definition) is 1. The predicted octanol–water partition coefficient (Wildman–Crippen LogP) is 3.94. The lowest BCUT2D eigenvalue weighted by Crippen LogP contribution is -2.31. The van der Waals surface area contributed by atoms with Crippen molar-refractivity contribution in [3.8, 4) is 0 Å². The average molecular weight is 271 g/mol. The van der Waals surface area contributed by atoms with Crippen LogP contribution in [0.2, 0.25) is 0 Å². The summed E-state index contributed by atoms with van der Waals surface area (Å²) >= 11 is 0. The van der Waals surface area contributed by atoms with E-state index in [1.807, 2.05) is 18.3 Å².